The Hall–Kier alpha value is -3.06. The number of piperazine rings is 1. The highest BCUT2D eigenvalue weighted by atomic mass is 35.5. The summed E-state index contributed by atoms with van der Waals surface area (Å²) in [6.45, 7) is 8.83. The SMILES string of the molecule is CCc1cc(C[C@@H](OC(=O)N2CCC(N3Cc4cscc4NC3=O)CC2)C(=O)N2CCC(N3CCNCC3)CC2)cc(Cl)c1N. The maximum absolute atomic E-state index is 14.0. The number of nitrogens with two attached hydrogens (primary N) is 1. The molecule has 3 fully saturated rings. The zero-order valence-electron chi connectivity index (χ0n) is 25.9. The third kappa shape index (κ3) is 7.19. The molecule has 0 saturated carbocycles. The van der Waals surface area contributed by atoms with Gasteiger partial charge in [-0.3, -0.25) is 9.69 Å². The molecule has 0 spiro atoms. The lowest BCUT2D eigenvalue weighted by molar-refractivity contribution is -0.142. The van der Waals surface area contributed by atoms with Gasteiger partial charge in [-0.05, 0) is 54.7 Å². The fraction of sp³-hybridized carbons (Fsp3) is 0.594. The average molecular weight is 658 g/mol. The fourth-order valence-corrected chi connectivity index (χ4v) is 8.13. The second-order valence-electron chi connectivity index (χ2n) is 12.5. The number of halogens is 1. The Morgan fingerprint density at radius 2 is 1.71 bits per heavy atom. The molecule has 1 aromatic heterocycles. The molecule has 0 aliphatic carbocycles. The van der Waals surface area contributed by atoms with Crippen LogP contribution in [0.25, 0.3) is 0 Å². The van der Waals surface area contributed by atoms with Crippen LogP contribution in [0.1, 0.15) is 49.3 Å². The van der Waals surface area contributed by atoms with Crippen molar-refractivity contribution >= 4 is 52.3 Å². The molecule has 1 aromatic carbocycles. The van der Waals surface area contributed by atoms with E-state index in [1.54, 1.807) is 22.3 Å². The van der Waals surface area contributed by atoms with Crippen molar-refractivity contribution in [3.05, 3.63) is 44.6 Å². The van der Waals surface area contributed by atoms with Gasteiger partial charge >= 0.3 is 12.1 Å². The molecule has 5 heterocycles. The molecule has 4 aliphatic heterocycles. The molecule has 244 valence electrons. The van der Waals surface area contributed by atoms with E-state index in [4.69, 9.17) is 22.1 Å². The minimum atomic E-state index is -0.972. The number of thiophene rings is 1. The molecular formula is C32H44ClN7O4S. The first-order chi connectivity index (χ1) is 21.8. The number of rotatable bonds is 7. The molecule has 4 N–H and O–H groups in total. The van der Waals surface area contributed by atoms with Gasteiger partial charge in [-0.1, -0.05) is 24.6 Å². The molecular weight excluding hydrogens is 614 g/mol. The number of piperidine rings is 2. The number of carbonyl (C=O) groups is 3. The number of hydrogen-bond acceptors (Lipinski definition) is 8. The molecule has 3 saturated heterocycles. The molecule has 45 heavy (non-hydrogen) atoms. The second kappa shape index (κ2) is 14.1. The van der Waals surface area contributed by atoms with Gasteiger partial charge in [0.1, 0.15) is 0 Å². The minimum absolute atomic E-state index is 0.0286. The number of urea groups is 1. The molecule has 4 amide bonds. The number of nitrogen functional groups attached to an aromatic ring is 1. The Kier molecular flexibility index (Phi) is 10.0. The highest BCUT2D eigenvalue weighted by molar-refractivity contribution is 7.08. The quantitative estimate of drug-likeness (QED) is 0.385. The number of nitrogens with zero attached hydrogens (tertiary/aromatic N) is 4. The molecule has 0 bridgehead atoms. The zero-order valence-corrected chi connectivity index (χ0v) is 27.5. The van der Waals surface area contributed by atoms with E-state index in [1.807, 2.05) is 28.2 Å². The molecule has 13 heteroatoms. The van der Waals surface area contributed by atoms with Crippen LogP contribution in [0.3, 0.4) is 0 Å². The van der Waals surface area contributed by atoms with Crippen molar-refractivity contribution in [2.75, 3.05) is 63.4 Å². The maximum atomic E-state index is 14.0. The fourth-order valence-electron chi connectivity index (χ4n) is 7.09. The van der Waals surface area contributed by atoms with Gasteiger partial charge in [0.2, 0.25) is 0 Å². The van der Waals surface area contributed by atoms with Gasteiger partial charge in [-0.25, -0.2) is 9.59 Å². The van der Waals surface area contributed by atoms with Crippen molar-refractivity contribution in [2.24, 2.45) is 0 Å². The highest BCUT2D eigenvalue weighted by Gasteiger charge is 2.37. The molecule has 4 aliphatic rings. The molecule has 6 rings (SSSR count). The standard InChI is InChI=1S/C32H44ClN7O4S/c1-2-22-15-21(16-26(33)29(22)34)17-28(30(41)38-9-3-24(4-10-38)37-13-7-35-8-14-37)44-32(43)39-11-5-25(6-12-39)40-18-23-19-45-20-27(23)36-31(40)42/h15-16,19-20,24-25,28,35H,2-14,17-18,34H2,1H3,(H,36,42)/t28-/m1/s1. The molecule has 0 radical (unpaired) electrons. The number of carbonyl (C=O) groups excluding carboxylic acids is 3. The van der Waals surface area contributed by atoms with Gasteiger partial charge in [-0.15, -0.1) is 11.3 Å². The summed E-state index contributed by atoms with van der Waals surface area (Å²) in [5.74, 6) is -0.167. The predicted molar refractivity (Wildman–Crippen MR) is 177 cm³/mol. The van der Waals surface area contributed by atoms with Crippen LogP contribution >= 0.6 is 22.9 Å². The Morgan fingerprint density at radius 1 is 1.02 bits per heavy atom. The third-order valence-electron chi connectivity index (χ3n) is 9.79. The van der Waals surface area contributed by atoms with Gasteiger partial charge in [-0.2, -0.15) is 0 Å². The number of benzene rings is 1. The van der Waals surface area contributed by atoms with Crippen LogP contribution in [0.2, 0.25) is 5.02 Å². The Labute approximate surface area is 274 Å². The number of anilines is 2. The van der Waals surface area contributed by atoms with Crippen LogP contribution in [0, 0.1) is 0 Å². The molecule has 0 unspecified atom stereocenters. The van der Waals surface area contributed by atoms with Crippen molar-refractivity contribution in [3.8, 4) is 0 Å². The van der Waals surface area contributed by atoms with E-state index in [2.05, 4.69) is 20.9 Å². The number of aryl methyl sites for hydroxylation is 1. The van der Waals surface area contributed by atoms with Crippen LogP contribution in [0.5, 0.6) is 0 Å². The van der Waals surface area contributed by atoms with Crippen LogP contribution in [-0.4, -0.2) is 108 Å². The number of likely N-dealkylation sites (tertiary alicyclic amines) is 2. The number of fused-ring (bicyclic) bond motifs is 1. The van der Waals surface area contributed by atoms with E-state index in [0.29, 0.717) is 68.7 Å². The van der Waals surface area contributed by atoms with Crippen molar-refractivity contribution in [2.45, 2.75) is 70.2 Å². The third-order valence-corrected chi connectivity index (χ3v) is 10.9. The van der Waals surface area contributed by atoms with Crippen LogP contribution in [-0.2, 0) is 28.9 Å². The normalized spacial score (nSPS) is 20.9. The van der Waals surface area contributed by atoms with Gasteiger partial charge in [0, 0.05) is 81.8 Å². The van der Waals surface area contributed by atoms with E-state index in [9.17, 15) is 14.4 Å². The Morgan fingerprint density at radius 3 is 2.42 bits per heavy atom. The summed E-state index contributed by atoms with van der Waals surface area (Å²) < 4.78 is 6.04. The summed E-state index contributed by atoms with van der Waals surface area (Å²) in [5.41, 5.74) is 10.4. The summed E-state index contributed by atoms with van der Waals surface area (Å²) in [6, 6.07) is 4.13. The maximum Gasteiger partial charge on any atom is 0.410 e. The first-order valence-electron chi connectivity index (χ1n) is 16.2. The van der Waals surface area contributed by atoms with E-state index in [1.165, 1.54) is 0 Å². The number of ether oxygens (including phenoxy) is 1. The van der Waals surface area contributed by atoms with Crippen LogP contribution in [0.15, 0.2) is 22.9 Å². The Balaban J connectivity index is 1.10. The number of amides is 4. The summed E-state index contributed by atoms with van der Waals surface area (Å²) in [7, 11) is 0. The number of nitrogens with one attached hydrogen (secondary N) is 2. The number of hydrogen-bond donors (Lipinski definition) is 3. The van der Waals surface area contributed by atoms with E-state index < -0.39 is 12.2 Å². The molecule has 11 nitrogen and oxygen atoms in total. The summed E-state index contributed by atoms with van der Waals surface area (Å²) in [5, 5.41) is 10.8. The van der Waals surface area contributed by atoms with Crippen molar-refractivity contribution in [1.29, 1.82) is 0 Å². The first kappa shape index (κ1) is 31.9. The summed E-state index contributed by atoms with van der Waals surface area (Å²) in [4.78, 5) is 48.2. The molecule has 1 atom stereocenters. The lowest BCUT2D eigenvalue weighted by atomic mass is 9.99. The topological polar surface area (TPSA) is 123 Å². The van der Waals surface area contributed by atoms with Gasteiger partial charge in [0.05, 0.1) is 22.9 Å². The zero-order chi connectivity index (χ0) is 31.5. The summed E-state index contributed by atoms with van der Waals surface area (Å²) in [6.07, 6.45) is 2.57. The monoisotopic (exact) mass is 657 g/mol. The first-order valence-corrected chi connectivity index (χ1v) is 17.5. The minimum Gasteiger partial charge on any atom is -0.436 e. The highest BCUT2D eigenvalue weighted by Crippen LogP contribution is 2.31. The Bertz CT molecular complexity index is 1380. The predicted octanol–water partition coefficient (Wildman–Crippen LogP) is 4.00. The largest absolute Gasteiger partial charge is 0.436 e. The van der Waals surface area contributed by atoms with Crippen molar-refractivity contribution in [3.63, 3.8) is 0 Å². The van der Waals surface area contributed by atoms with E-state index in [-0.39, 0.29) is 24.4 Å². The van der Waals surface area contributed by atoms with Crippen molar-refractivity contribution in [1.82, 2.24) is 24.9 Å². The van der Waals surface area contributed by atoms with E-state index >= 15 is 0 Å². The van der Waals surface area contributed by atoms with Gasteiger partial charge in [0.25, 0.3) is 5.91 Å². The van der Waals surface area contributed by atoms with Crippen molar-refractivity contribution < 1.29 is 19.1 Å². The summed E-state index contributed by atoms with van der Waals surface area (Å²) >= 11 is 8.04. The molecule has 2 aromatic rings. The lowest BCUT2D eigenvalue weighted by Crippen LogP contribution is -2.54. The van der Waals surface area contributed by atoms with Gasteiger partial charge < -0.3 is 35.8 Å². The van der Waals surface area contributed by atoms with E-state index in [0.717, 1.165) is 61.4 Å². The van der Waals surface area contributed by atoms with Gasteiger partial charge in [0.15, 0.2) is 6.10 Å². The average Bonchev–Trinajstić information content (AvgIpc) is 3.53. The van der Waals surface area contributed by atoms with Crippen LogP contribution < -0.4 is 16.4 Å². The lowest BCUT2D eigenvalue weighted by Gasteiger charge is -2.41. The van der Waals surface area contributed by atoms with Crippen LogP contribution in [0.4, 0.5) is 21.0 Å². The smallest absolute Gasteiger partial charge is 0.410 e. The second-order valence-corrected chi connectivity index (χ2v) is 13.7.